The molecule has 0 heterocycles. The van der Waals surface area contributed by atoms with Crippen LogP contribution in [-0.2, 0) is 9.53 Å². The third-order valence-electron chi connectivity index (χ3n) is 4.21. The van der Waals surface area contributed by atoms with Crippen molar-refractivity contribution in [3.8, 4) is 0 Å². The number of esters is 1. The summed E-state index contributed by atoms with van der Waals surface area (Å²) in [5, 5.41) is 9.05. The monoisotopic (exact) mass is 290 g/mol. The first kappa shape index (κ1) is 15.5. The van der Waals surface area contributed by atoms with Crippen molar-refractivity contribution in [2.75, 3.05) is 6.61 Å². The lowest BCUT2D eigenvalue weighted by Gasteiger charge is -2.28. The second-order valence-electron chi connectivity index (χ2n) is 5.66. The van der Waals surface area contributed by atoms with E-state index < -0.39 is 5.97 Å². The Morgan fingerprint density at radius 2 is 1.95 bits per heavy atom. The predicted octanol–water partition coefficient (Wildman–Crippen LogP) is 3.61. The highest BCUT2D eigenvalue weighted by atomic mass is 16.5. The third kappa shape index (κ3) is 4.31. The molecule has 0 aliphatic heterocycles. The molecule has 2 rings (SSSR count). The molecule has 0 spiro atoms. The van der Waals surface area contributed by atoms with Crippen LogP contribution in [0.4, 0.5) is 0 Å². The summed E-state index contributed by atoms with van der Waals surface area (Å²) in [5.74, 6) is -0.174. The summed E-state index contributed by atoms with van der Waals surface area (Å²) in [6, 6.07) is 7.21. The topological polar surface area (TPSA) is 63.6 Å². The fourth-order valence-corrected chi connectivity index (χ4v) is 3.08. The van der Waals surface area contributed by atoms with Crippen molar-refractivity contribution in [1.29, 1.82) is 0 Å². The van der Waals surface area contributed by atoms with Crippen LogP contribution in [0.1, 0.15) is 60.9 Å². The molecule has 0 saturated heterocycles. The van der Waals surface area contributed by atoms with Gasteiger partial charge in [0.25, 0.3) is 0 Å². The maximum atomic E-state index is 11.5. The average Bonchev–Trinajstić information content (AvgIpc) is 2.48. The lowest BCUT2D eigenvalue weighted by molar-refractivity contribution is -0.144. The zero-order chi connectivity index (χ0) is 15.2. The van der Waals surface area contributed by atoms with Crippen LogP contribution in [0.5, 0.6) is 0 Å². The van der Waals surface area contributed by atoms with Crippen molar-refractivity contribution >= 4 is 11.9 Å². The van der Waals surface area contributed by atoms with E-state index >= 15 is 0 Å². The minimum Gasteiger partial charge on any atom is -0.478 e. The van der Waals surface area contributed by atoms with E-state index in [1.807, 2.05) is 19.1 Å². The van der Waals surface area contributed by atoms with Crippen LogP contribution in [0, 0.1) is 5.92 Å². The van der Waals surface area contributed by atoms with Crippen LogP contribution in [0.25, 0.3) is 0 Å². The Bertz CT molecular complexity index is 501. The van der Waals surface area contributed by atoms with Gasteiger partial charge >= 0.3 is 11.9 Å². The van der Waals surface area contributed by atoms with E-state index in [0.717, 1.165) is 31.2 Å². The SMILES string of the molecule is CCOC(=O)CC1CCC(c2cccc(C(=O)O)c2)CC1. The molecular formula is C17H22O4. The van der Waals surface area contributed by atoms with Crippen LogP contribution < -0.4 is 0 Å². The molecule has 1 aromatic rings. The number of hydrogen-bond acceptors (Lipinski definition) is 3. The lowest BCUT2D eigenvalue weighted by atomic mass is 9.77. The Morgan fingerprint density at radius 1 is 1.24 bits per heavy atom. The fourth-order valence-electron chi connectivity index (χ4n) is 3.08. The number of carbonyl (C=O) groups excluding carboxylic acids is 1. The zero-order valence-corrected chi connectivity index (χ0v) is 12.4. The van der Waals surface area contributed by atoms with Gasteiger partial charge in [-0.15, -0.1) is 0 Å². The van der Waals surface area contributed by atoms with Crippen molar-refractivity contribution in [1.82, 2.24) is 0 Å². The van der Waals surface area contributed by atoms with Gasteiger partial charge in [-0.1, -0.05) is 12.1 Å². The molecule has 114 valence electrons. The number of hydrogen-bond donors (Lipinski definition) is 1. The van der Waals surface area contributed by atoms with Crippen molar-refractivity contribution in [3.05, 3.63) is 35.4 Å². The van der Waals surface area contributed by atoms with Gasteiger partial charge in [0.05, 0.1) is 12.2 Å². The van der Waals surface area contributed by atoms with Crippen LogP contribution >= 0.6 is 0 Å². The van der Waals surface area contributed by atoms with Crippen molar-refractivity contribution in [3.63, 3.8) is 0 Å². The summed E-state index contributed by atoms with van der Waals surface area (Å²) < 4.78 is 4.99. The van der Waals surface area contributed by atoms with Gasteiger partial charge in [0.1, 0.15) is 0 Å². The van der Waals surface area contributed by atoms with E-state index in [1.54, 1.807) is 12.1 Å². The van der Waals surface area contributed by atoms with Crippen molar-refractivity contribution in [2.24, 2.45) is 5.92 Å². The predicted molar refractivity (Wildman–Crippen MR) is 79.4 cm³/mol. The van der Waals surface area contributed by atoms with Crippen molar-refractivity contribution in [2.45, 2.75) is 44.9 Å². The normalized spacial score (nSPS) is 21.8. The van der Waals surface area contributed by atoms with Gasteiger partial charge in [0, 0.05) is 6.42 Å². The molecule has 0 bridgehead atoms. The Hall–Kier alpha value is -1.84. The molecule has 0 aromatic heterocycles. The van der Waals surface area contributed by atoms with Crippen LogP contribution in [0.15, 0.2) is 24.3 Å². The second-order valence-corrected chi connectivity index (χ2v) is 5.66. The summed E-state index contributed by atoms with van der Waals surface area (Å²) in [7, 11) is 0. The summed E-state index contributed by atoms with van der Waals surface area (Å²) in [6.45, 7) is 2.26. The van der Waals surface area contributed by atoms with E-state index in [-0.39, 0.29) is 5.97 Å². The molecule has 21 heavy (non-hydrogen) atoms. The molecule has 1 saturated carbocycles. The number of rotatable bonds is 5. The molecule has 1 aliphatic rings. The highest BCUT2D eigenvalue weighted by molar-refractivity contribution is 5.87. The number of carboxylic acids is 1. The smallest absolute Gasteiger partial charge is 0.335 e. The molecule has 0 radical (unpaired) electrons. The summed E-state index contributed by atoms with van der Waals surface area (Å²) >= 11 is 0. The highest BCUT2D eigenvalue weighted by Gasteiger charge is 2.24. The maximum Gasteiger partial charge on any atom is 0.335 e. The highest BCUT2D eigenvalue weighted by Crippen LogP contribution is 2.37. The van der Waals surface area contributed by atoms with E-state index in [1.165, 1.54) is 0 Å². The van der Waals surface area contributed by atoms with Crippen LogP contribution in [-0.4, -0.2) is 23.7 Å². The third-order valence-corrected chi connectivity index (χ3v) is 4.21. The van der Waals surface area contributed by atoms with Gasteiger partial charge < -0.3 is 9.84 Å². The molecule has 4 heteroatoms. The lowest BCUT2D eigenvalue weighted by Crippen LogP contribution is -2.18. The summed E-state index contributed by atoms with van der Waals surface area (Å²) in [5.41, 5.74) is 1.45. The fraction of sp³-hybridized carbons (Fsp3) is 0.529. The number of aromatic carboxylic acids is 1. The van der Waals surface area contributed by atoms with Gasteiger partial charge in [0.2, 0.25) is 0 Å². The van der Waals surface area contributed by atoms with Crippen molar-refractivity contribution < 1.29 is 19.4 Å². The summed E-state index contributed by atoms with van der Waals surface area (Å²) in [4.78, 5) is 22.5. The Kier molecular flexibility index (Phi) is 5.37. The van der Waals surface area contributed by atoms with Crippen LogP contribution in [0.3, 0.4) is 0 Å². The first-order valence-corrected chi connectivity index (χ1v) is 7.59. The zero-order valence-electron chi connectivity index (χ0n) is 12.4. The van der Waals surface area contributed by atoms with E-state index in [0.29, 0.717) is 30.4 Å². The molecule has 1 aromatic carbocycles. The van der Waals surface area contributed by atoms with Gasteiger partial charge in [-0.3, -0.25) is 4.79 Å². The average molecular weight is 290 g/mol. The molecule has 1 N–H and O–H groups in total. The standard InChI is InChI=1S/C17H22O4/c1-2-21-16(18)10-12-6-8-13(9-7-12)14-4-3-5-15(11-14)17(19)20/h3-5,11-13H,2,6-10H2,1H3,(H,19,20). The number of carbonyl (C=O) groups is 2. The Balaban J connectivity index is 1.90. The minimum absolute atomic E-state index is 0.103. The van der Waals surface area contributed by atoms with E-state index in [4.69, 9.17) is 9.84 Å². The molecule has 1 fully saturated rings. The quantitative estimate of drug-likeness (QED) is 0.841. The number of ether oxygens (including phenoxy) is 1. The largest absolute Gasteiger partial charge is 0.478 e. The Labute approximate surface area is 125 Å². The molecular weight excluding hydrogens is 268 g/mol. The number of benzene rings is 1. The van der Waals surface area contributed by atoms with Gasteiger partial charge in [-0.05, 0) is 62.1 Å². The summed E-state index contributed by atoms with van der Waals surface area (Å²) in [6.07, 6.45) is 4.53. The molecule has 0 amide bonds. The Morgan fingerprint density at radius 3 is 2.57 bits per heavy atom. The van der Waals surface area contributed by atoms with Gasteiger partial charge in [-0.25, -0.2) is 4.79 Å². The first-order chi connectivity index (χ1) is 10.1. The second kappa shape index (κ2) is 7.25. The van der Waals surface area contributed by atoms with Gasteiger partial charge in [-0.2, -0.15) is 0 Å². The first-order valence-electron chi connectivity index (χ1n) is 7.59. The minimum atomic E-state index is -0.882. The molecule has 4 nitrogen and oxygen atoms in total. The van der Waals surface area contributed by atoms with Crippen LogP contribution in [0.2, 0.25) is 0 Å². The van der Waals surface area contributed by atoms with Gasteiger partial charge in [0.15, 0.2) is 0 Å². The van der Waals surface area contributed by atoms with E-state index in [9.17, 15) is 9.59 Å². The molecule has 0 atom stereocenters. The molecule has 1 aliphatic carbocycles. The number of carboxylic acid groups (broad SMARTS) is 1. The maximum absolute atomic E-state index is 11.5. The van der Waals surface area contributed by atoms with E-state index in [2.05, 4.69) is 0 Å². The molecule has 0 unspecified atom stereocenters.